The monoisotopic (exact) mass is 294 g/mol. The highest BCUT2D eigenvalue weighted by atomic mass is 16.7. The number of carboxylic acid groups (broad SMARTS) is 1. The van der Waals surface area contributed by atoms with Gasteiger partial charge in [0.1, 0.15) is 12.2 Å². The summed E-state index contributed by atoms with van der Waals surface area (Å²) >= 11 is 0. The molecule has 0 aromatic heterocycles. The molecule has 0 saturated carbocycles. The predicted molar refractivity (Wildman–Crippen MR) is 65.8 cm³/mol. The summed E-state index contributed by atoms with van der Waals surface area (Å²) in [5.41, 5.74) is 0. The average Bonchev–Trinajstić information content (AvgIpc) is 2.41. The molecule has 0 radical (unpaired) electrons. The van der Waals surface area contributed by atoms with Crippen molar-refractivity contribution in [1.29, 1.82) is 0 Å². The minimum Gasteiger partial charge on any atom is -0.477 e. The molecule has 5 N–H and O–H groups in total. The molecular formula is C12H22O8. The second-order valence-electron chi connectivity index (χ2n) is 4.94. The Balaban J connectivity index is 3.02. The van der Waals surface area contributed by atoms with E-state index in [1.54, 1.807) is 13.8 Å². The van der Waals surface area contributed by atoms with Crippen LogP contribution in [0.25, 0.3) is 0 Å². The second-order valence-corrected chi connectivity index (χ2v) is 4.94. The van der Waals surface area contributed by atoms with Gasteiger partial charge in [-0.05, 0) is 6.92 Å². The SMILES string of the molecule is CCO[C@]1(C(=O)O)C[C@@H](O)[C@@H](C)C([C@H](O)[C@H](O)CO)O1. The smallest absolute Gasteiger partial charge is 0.364 e. The number of hydrogen-bond donors (Lipinski definition) is 5. The van der Waals surface area contributed by atoms with Gasteiger partial charge in [0.15, 0.2) is 0 Å². The molecule has 1 saturated heterocycles. The Kier molecular flexibility index (Phi) is 5.87. The predicted octanol–water partition coefficient (Wildman–Crippen LogP) is -1.70. The summed E-state index contributed by atoms with van der Waals surface area (Å²) in [6, 6.07) is 0. The Morgan fingerprint density at radius 2 is 2.10 bits per heavy atom. The zero-order valence-electron chi connectivity index (χ0n) is 11.5. The Morgan fingerprint density at radius 1 is 1.50 bits per heavy atom. The van der Waals surface area contributed by atoms with Crippen molar-refractivity contribution in [2.75, 3.05) is 13.2 Å². The first-order valence-corrected chi connectivity index (χ1v) is 6.49. The first-order chi connectivity index (χ1) is 9.29. The molecule has 0 aromatic carbocycles. The molecule has 8 heteroatoms. The van der Waals surface area contributed by atoms with Crippen LogP contribution in [-0.2, 0) is 14.3 Å². The van der Waals surface area contributed by atoms with Gasteiger partial charge in [0, 0.05) is 18.9 Å². The van der Waals surface area contributed by atoms with Gasteiger partial charge >= 0.3 is 5.97 Å². The van der Waals surface area contributed by atoms with Crippen molar-refractivity contribution in [3.63, 3.8) is 0 Å². The minimum atomic E-state index is -2.07. The number of carbonyl (C=O) groups is 1. The fraction of sp³-hybridized carbons (Fsp3) is 0.917. The molecule has 1 heterocycles. The number of rotatable bonds is 6. The molecule has 0 amide bonds. The van der Waals surface area contributed by atoms with Crippen LogP contribution in [-0.4, -0.2) is 74.9 Å². The third-order valence-electron chi connectivity index (χ3n) is 3.55. The highest BCUT2D eigenvalue weighted by Crippen LogP contribution is 2.36. The van der Waals surface area contributed by atoms with Gasteiger partial charge in [0.25, 0.3) is 5.79 Å². The van der Waals surface area contributed by atoms with E-state index < -0.39 is 48.7 Å². The summed E-state index contributed by atoms with van der Waals surface area (Å²) in [4.78, 5) is 11.4. The van der Waals surface area contributed by atoms with Crippen LogP contribution in [0.2, 0.25) is 0 Å². The van der Waals surface area contributed by atoms with Crippen LogP contribution in [0.3, 0.4) is 0 Å². The third kappa shape index (κ3) is 3.27. The molecule has 1 aliphatic rings. The number of carboxylic acids is 1. The van der Waals surface area contributed by atoms with Crippen LogP contribution in [0.1, 0.15) is 20.3 Å². The van der Waals surface area contributed by atoms with Gasteiger partial charge in [-0.3, -0.25) is 0 Å². The zero-order valence-corrected chi connectivity index (χ0v) is 11.5. The lowest BCUT2D eigenvalue weighted by Gasteiger charge is -2.45. The van der Waals surface area contributed by atoms with E-state index in [2.05, 4.69) is 0 Å². The topological polar surface area (TPSA) is 137 Å². The lowest BCUT2D eigenvalue weighted by molar-refractivity contribution is -0.316. The van der Waals surface area contributed by atoms with Gasteiger partial charge < -0.3 is 35.0 Å². The molecule has 1 fully saturated rings. The van der Waals surface area contributed by atoms with Crippen LogP contribution < -0.4 is 0 Å². The Morgan fingerprint density at radius 3 is 2.55 bits per heavy atom. The van der Waals surface area contributed by atoms with Gasteiger partial charge in [-0.1, -0.05) is 6.92 Å². The van der Waals surface area contributed by atoms with Gasteiger partial charge in [-0.2, -0.15) is 0 Å². The van der Waals surface area contributed by atoms with Crippen LogP contribution in [0.15, 0.2) is 0 Å². The Labute approximate surface area is 116 Å². The minimum absolute atomic E-state index is 0.0404. The number of aliphatic carboxylic acids is 1. The van der Waals surface area contributed by atoms with Crippen molar-refractivity contribution in [2.45, 2.75) is 50.5 Å². The van der Waals surface area contributed by atoms with Gasteiger partial charge in [0.2, 0.25) is 0 Å². The standard InChI is InChI=1S/C12H22O8/c1-3-19-12(11(17)18)4-7(14)6(2)10(20-12)9(16)8(15)5-13/h6-10,13-16H,3-5H2,1-2H3,(H,17,18)/t6-,7-,8-,9-,10?,12-/m1/s1. The maximum absolute atomic E-state index is 11.4. The number of aliphatic hydroxyl groups excluding tert-OH is 4. The molecule has 20 heavy (non-hydrogen) atoms. The molecule has 8 nitrogen and oxygen atoms in total. The van der Waals surface area contributed by atoms with Crippen molar-refractivity contribution in [3.8, 4) is 0 Å². The van der Waals surface area contributed by atoms with Crippen molar-refractivity contribution in [2.24, 2.45) is 5.92 Å². The van der Waals surface area contributed by atoms with E-state index in [-0.39, 0.29) is 13.0 Å². The molecule has 1 aliphatic heterocycles. The Hall–Kier alpha value is -0.770. The van der Waals surface area contributed by atoms with Crippen molar-refractivity contribution in [3.05, 3.63) is 0 Å². The first kappa shape index (κ1) is 17.3. The third-order valence-corrected chi connectivity index (χ3v) is 3.55. The largest absolute Gasteiger partial charge is 0.477 e. The molecule has 0 aromatic rings. The fourth-order valence-electron chi connectivity index (χ4n) is 2.29. The summed E-state index contributed by atoms with van der Waals surface area (Å²) in [5.74, 6) is -4.11. The van der Waals surface area contributed by atoms with Crippen LogP contribution in [0, 0.1) is 5.92 Å². The van der Waals surface area contributed by atoms with Crippen molar-refractivity contribution in [1.82, 2.24) is 0 Å². The van der Waals surface area contributed by atoms with E-state index in [4.69, 9.17) is 14.6 Å². The number of aliphatic hydroxyl groups is 4. The number of hydrogen-bond acceptors (Lipinski definition) is 7. The number of ether oxygens (including phenoxy) is 2. The maximum Gasteiger partial charge on any atom is 0.364 e. The summed E-state index contributed by atoms with van der Waals surface area (Å²) in [6.07, 6.45) is -5.58. The molecular weight excluding hydrogens is 272 g/mol. The molecule has 1 unspecified atom stereocenters. The van der Waals surface area contributed by atoms with Crippen LogP contribution in [0.4, 0.5) is 0 Å². The molecule has 6 atom stereocenters. The fourth-order valence-corrected chi connectivity index (χ4v) is 2.29. The van der Waals surface area contributed by atoms with Gasteiger partial charge in [0.05, 0.1) is 18.8 Å². The van der Waals surface area contributed by atoms with E-state index in [1.165, 1.54) is 0 Å². The van der Waals surface area contributed by atoms with Crippen molar-refractivity contribution < 1.29 is 39.8 Å². The van der Waals surface area contributed by atoms with Gasteiger partial charge in [-0.25, -0.2) is 4.79 Å². The highest BCUT2D eigenvalue weighted by molar-refractivity contribution is 5.76. The van der Waals surface area contributed by atoms with Crippen LogP contribution in [0.5, 0.6) is 0 Å². The quantitative estimate of drug-likeness (QED) is 0.391. The average molecular weight is 294 g/mol. The van der Waals surface area contributed by atoms with Crippen molar-refractivity contribution >= 4 is 5.97 Å². The zero-order chi connectivity index (χ0) is 15.5. The van der Waals surface area contributed by atoms with Gasteiger partial charge in [-0.15, -0.1) is 0 Å². The normalized spacial score (nSPS) is 37.4. The van der Waals surface area contributed by atoms with Crippen LogP contribution >= 0.6 is 0 Å². The molecule has 0 bridgehead atoms. The molecule has 118 valence electrons. The maximum atomic E-state index is 11.4. The van der Waals surface area contributed by atoms with E-state index in [9.17, 15) is 25.2 Å². The first-order valence-electron chi connectivity index (χ1n) is 6.49. The van der Waals surface area contributed by atoms with E-state index in [0.29, 0.717) is 0 Å². The molecule has 0 aliphatic carbocycles. The van der Waals surface area contributed by atoms with E-state index >= 15 is 0 Å². The summed E-state index contributed by atoms with van der Waals surface area (Å²) in [7, 11) is 0. The Bertz CT molecular complexity index is 335. The lowest BCUT2D eigenvalue weighted by atomic mass is 9.84. The summed E-state index contributed by atoms with van der Waals surface area (Å²) < 4.78 is 10.4. The highest BCUT2D eigenvalue weighted by Gasteiger charge is 2.53. The van der Waals surface area contributed by atoms with E-state index in [0.717, 1.165) is 0 Å². The molecule has 1 rings (SSSR count). The lowest BCUT2D eigenvalue weighted by Crippen LogP contribution is -2.61. The summed E-state index contributed by atoms with van der Waals surface area (Å²) in [6.45, 7) is 2.46. The van der Waals surface area contributed by atoms with E-state index in [1.807, 2.05) is 0 Å². The molecule has 0 spiro atoms. The second kappa shape index (κ2) is 6.79. The summed E-state index contributed by atoms with van der Waals surface area (Å²) in [5, 5.41) is 47.5.